The Bertz CT molecular complexity index is 627. The monoisotopic (exact) mass is 261 g/mol. The van der Waals surface area contributed by atoms with Crippen LogP contribution in [0.1, 0.15) is 17.5 Å². The van der Waals surface area contributed by atoms with Crippen LogP contribution in [-0.2, 0) is 12.8 Å². The first-order valence-electron chi connectivity index (χ1n) is 5.55. The fourth-order valence-electron chi connectivity index (χ4n) is 1.58. The van der Waals surface area contributed by atoms with E-state index in [1.165, 1.54) is 0 Å². The zero-order valence-electron chi connectivity index (χ0n) is 9.75. The van der Waals surface area contributed by atoms with Crippen LogP contribution in [0.3, 0.4) is 0 Å². The standard InChI is InChI=1S/C11H11N5OS/c1-7-12-9(15-14-7)4-5-10-13-11(16-17-10)8-3-2-6-18-8/h2-3,6H,4-5H2,1H3,(H,12,14,15). The molecule has 0 aromatic carbocycles. The summed E-state index contributed by atoms with van der Waals surface area (Å²) in [6.07, 6.45) is 1.34. The van der Waals surface area contributed by atoms with Gasteiger partial charge < -0.3 is 4.52 Å². The van der Waals surface area contributed by atoms with Crippen LogP contribution in [0.2, 0.25) is 0 Å². The van der Waals surface area contributed by atoms with Crippen LogP contribution >= 0.6 is 11.3 Å². The first kappa shape index (κ1) is 11.1. The van der Waals surface area contributed by atoms with Crippen molar-refractivity contribution in [3.05, 3.63) is 35.1 Å². The summed E-state index contributed by atoms with van der Waals surface area (Å²) in [4.78, 5) is 9.58. The molecule has 3 aromatic rings. The fraction of sp³-hybridized carbons (Fsp3) is 0.273. The highest BCUT2D eigenvalue weighted by Gasteiger charge is 2.10. The minimum Gasteiger partial charge on any atom is -0.339 e. The molecule has 0 bridgehead atoms. The van der Waals surface area contributed by atoms with E-state index in [0.29, 0.717) is 24.6 Å². The van der Waals surface area contributed by atoms with Crippen molar-refractivity contribution >= 4 is 11.3 Å². The van der Waals surface area contributed by atoms with Crippen molar-refractivity contribution in [2.45, 2.75) is 19.8 Å². The Hall–Kier alpha value is -2.02. The van der Waals surface area contributed by atoms with Crippen molar-refractivity contribution < 1.29 is 4.52 Å². The number of thiophene rings is 1. The van der Waals surface area contributed by atoms with Crippen LogP contribution in [0.15, 0.2) is 22.0 Å². The van der Waals surface area contributed by atoms with Gasteiger partial charge in [-0.2, -0.15) is 10.1 Å². The molecule has 92 valence electrons. The Morgan fingerprint density at radius 3 is 3.00 bits per heavy atom. The van der Waals surface area contributed by atoms with Gasteiger partial charge in [-0.15, -0.1) is 11.3 Å². The molecule has 0 radical (unpaired) electrons. The van der Waals surface area contributed by atoms with Crippen LogP contribution in [0, 0.1) is 6.92 Å². The quantitative estimate of drug-likeness (QED) is 0.777. The Kier molecular flexibility index (Phi) is 2.89. The lowest BCUT2D eigenvalue weighted by atomic mass is 10.3. The molecule has 0 aliphatic heterocycles. The van der Waals surface area contributed by atoms with Gasteiger partial charge in [-0.25, -0.2) is 4.98 Å². The molecule has 0 aliphatic rings. The van der Waals surface area contributed by atoms with Gasteiger partial charge in [0.15, 0.2) is 5.82 Å². The molecule has 0 saturated heterocycles. The Balaban J connectivity index is 1.67. The van der Waals surface area contributed by atoms with E-state index in [-0.39, 0.29) is 0 Å². The van der Waals surface area contributed by atoms with E-state index in [2.05, 4.69) is 25.3 Å². The van der Waals surface area contributed by atoms with E-state index < -0.39 is 0 Å². The van der Waals surface area contributed by atoms with E-state index in [1.807, 2.05) is 24.4 Å². The maximum Gasteiger partial charge on any atom is 0.227 e. The van der Waals surface area contributed by atoms with Gasteiger partial charge in [0.1, 0.15) is 5.82 Å². The highest BCUT2D eigenvalue weighted by atomic mass is 32.1. The summed E-state index contributed by atoms with van der Waals surface area (Å²) in [5.74, 6) is 2.84. The number of H-pyrrole nitrogens is 1. The van der Waals surface area contributed by atoms with Gasteiger partial charge >= 0.3 is 0 Å². The van der Waals surface area contributed by atoms with Crippen LogP contribution in [-0.4, -0.2) is 25.3 Å². The number of nitrogens with zero attached hydrogens (tertiary/aromatic N) is 4. The molecule has 0 amide bonds. The number of aromatic nitrogens is 5. The van der Waals surface area contributed by atoms with Crippen LogP contribution in [0.4, 0.5) is 0 Å². The Morgan fingerprint density at radius 2 is 2.28 bits per heavy atom. The molecule has 3 aromatic heterocycles. The molecule has 3 heterocycles. The highest BCUT2D eigenvalue weighted by Crippen LogP contribution is 2.21. The summed E-state index contributed by atoms with van der Waals surface area (Å²) in [5.41, 5.74) is 0. The Morgan fingerprint density at radius 1 is 1.33 bits per heavy atom. The highest BCUT2D eigenvalue weighted by molar-refractivity contribution is 7.13. The summed E-state index contributed by atoms with van der Waals surface area (Å²) in [7, 11) is 0. The van der Waals surface area contributed by atoms with Crippen molar-refractivity contribution in [2.75, 3.05) is 0 Å². The number of hydrogen-bond acceptors (Lipinski definition) is 6. The lowest BCUT2D eigenvalue weighted by Crippen LogP contribution is -1.94. The topological polar surface area (TPSA) is 80.5 Å². The predicted molar refractivity (Wildman–Crippen MR) is 66.1 cm³/mol. The molecule has 18 heavy (non-hydrogen) atoms. The summed E-state index contributed by atoms with van der Waals surface area (Å²) in [5, 5.41) is 12.8. The van der Waals surface area contributed by atoms with Crippen molar-refractivity contribution in [1.82, 2.24) is 25.3 Å². The number of aromatic amines is 1. The molecule has 0 spiro atoms. The molecule has 0 atom stereocenters. The van der Waals surface area contributed by atoms with Gasteiger partial charge in [-0.1, -0.05) is 11.2 Å². The van der Waals surface area contributed by atoms with Crippen molar-refractivity contribution in [3.8, 4) is 10.7 Å². The smallest absolute Gasteiger partial charge is 0.227 e. The zero-order valence-corrected chi connectivity index (χ0v) is 10.6. The number of rotatable bonds is 4. The zero-order chi connectivity index (χ0) is 12.4. The van der Waals surface area contributed by atoms with E-state index in [9.17, 15) is 0 Å². The fourth-order valence-corrected chi connectivity index (χ4v) is 2.23. The minimum atomic E-state index is 0.612. The van der Waals surface area contributed by atoms with Crippen LogP contribution < -0.4 is 0 Å². The number of nitrogens with one attached hydrogen (secondary N) is 1. The lowest BCUT2D eigenvalue weighted by molar-refractivity contribution is 0.378. The van der Waals surface area contributed by atoms with Gasteiger partial charge in [0.2, 0.25) is 11.7 Å². The number of aryl methyl sites for hydroxylation is 3. The second-order valence-corrected chi connectivity index (χ2v) is 4.77. The normalized spacial score (nSPS) is 10.9. The van der Waals surface area contributed by atoms with Gasteiger partial charge in [0.25, 0.3) is 0 Å². The molecule has 0 fully saturated rings. The minimum absolute atomic E-state index is 0.612. The summed E-state index contributed by atoms with van der Waals surface area (Å²) in [6.45, 7) is 1.87. The third-order valence-corrected chi connectivity index (χ3v) is 3.28. The molecule has 0 unspecified atom stereocenters. The first-order valence-corrected chi connectivity index (χ1v) is 6.43. The molecule has 7 heteroatoms. The molecule has 1 N–H and O–H groups in total. The average Bonchev–Trinajstić information content (AvgIpc) is 3.07. The van der Waals surface area contributed by atoms with Crippen molar-refractivity contribution in [3.63, 3.8) is 0 Å². The number of hydrogen-bond donors (Lipinski definition) is 1. The maximum atomic E-state index is 5.20. The van der Waals surface area contributed by atoms with Crippen LogP contribution in [0.25, 0.3) is 10.7 Å². The SMILES string of the molecule is Cc1nc(CCc2nc(-c3cccs3)no2)n[nH]1. The molecule has 6 nitrogen and oxygen atoms in total. The molecule has 3 rings (SSSR count). The second-order valence-electron chi connectivity index (χ2n) is 3.83. The van der Waals surface area contributed by atoms with E-state index in [1.54, 1.807) is 11.3 Å². The second kappa shape index (κ2) is 4.69. The first-order chi connectivity index (χ1) is 8.81. The maximum absolute atomic E-state index is 5.20. The van der Waals surface area contributed by atoms with Gasteiger partial charge in [-0.3, -0.25) is 5.10 Å². The van der Waals surface area contributed by atoms with E-state index in [4.69, 9.17) is 4.52 Å². The molecular weight excluding hydrogens is 250 g/mol. The van der Waals surface area contributed by atoms with Gasteiger partial charge in [0, 0.05) is 12.8 Å². The van der Waals surface area contributed by atoms with Crippen molar-refractivity contribution in [2.24, 2.45) is 0 Å². The molecular formula is C11H11N5OS. The Labute approximate surface area is 107 Å². The van der Waals surface area contributed by atoms with Gasteiger partial charge in [0.05, 0.1) is 4.88 Å². The van der Waals surface area contributed by atoms with Crippen molar-refractivity contribution in [1.29, 1.82) is 0 Å². The molecule has 0 saturated carbocycles. The third kappa shape index (κ3) is 2.30. The van der Waals surface area contributed by atoms with E-state index >= 15 is 0 Å². The average molecular weight is 261 g/mol. The predicted octanol–water partition coefficient (Wildman–Crippen LogP) is 2.01. The summed E-state index contributed by atoms with van der Waals surface area (Å²) in [6, 6.07) is 3.93. The van der Waals surface area contributed by atoms with E-state index in [0.717, 1.165) is 16.5 Å². The largest absolute Gasteiger partial charge is 0.339 e. The summed E-state index contributed by atoms with van der Waals surface area (Å²) >= 11 is 1.59. The third-order valence-electron chi connectivity index (χ3n) is 2.42. The summed E-state index contributed by atoms with van der Waals surface area (Å²) < 4.78 is 5.20. The molecule has 0 aliphatic carbocycles. The van der Waals surface area contributed by atoms with Gasteiger partial charge in [-0.05, 0) is 18.4 Å². The lowest BCUT2D eigenvalue weighted by Gasteiger charge is -1.89. The van der Waals surface area contributed by atoms with Crippen LogP contribution in [0.5, 0.6) is 0 Å².